The SMILES string of the molecule is CCCCN(CCCN(C)C)CCCN(CCCN(CCCN(C)C)CCCN(C)C)CCC[Si]1(CCCN(CCCN(CCCN(C)C)CCCN(C)C)CCCN(CCCN(C)C)CCCN(C)C)c2cc(C)sc2-c2sc(C)cc21. The molecule has 0 spiro atoms. The molecule has 0 N–H and O–H groups in total. The van der Waals surface area contributed by atoms with Crippen LogP contribution in [0.2, 0.25) is 12.1 Å². The van der Waals surface area contributed by atoms with Gasteiger partial charge in [-0.25, -0.2) is 0 Å². The van der Waals surface area contributed by atoms with Gasteiger partial charge in [-0.1, -0.05) is 13.3 Å². The van der Waals surface area contributed by atoms with Crippen LogP contribution in [0.1, 0.15) is 113 Å². The molecule has 0 amide bonds. The summed E-state index contributed by atoms with van der Waals surface area (Å²) >= 11 is 4.22. The molecule has 0 bridgehead atoms. The molecule has 0 aliphatic carbocycles. The minimum atomic E-state index is -2.04. The summed E-state index contributed by atoms with van der Waals surface area (Å²) < 4.78 is 0. The van der Waals surface area contributed by atoms with Gasteiger partial charge in [0.25, 0.3) is 0 Å². The predicted octanol–water partition coefficient (Wildman–Crippen LogP) is 8.58. The van der Waals surface area contributed by atoms with E-state index in [0.29, 0.717) is 0 Å². The zero-order valence-corrected chi connectivity index (χ0v) is 60.6. The van der Waals surface area contributed by atoms with Crippen LogP contribution in [0.3, 0.4) is 0 Å². The first-order chi connectivity index (χ1) is 39.7. The van der Waals surface area contributed by atoms with Crippen molar-refractivity contribution >= 4 is 41.1 Å². The van der Waals surface area contributed by atoms with Crippen LogP contribution >= 0.6 is 22.7 Å². The second kappa shape index (κ2) is 44.5. The maximum Gasteiger partial charge on any atom is 0.122 e. The molecule has 0 saturated carbocycles. The van der Waals surface area contributed by atoms with Gasteiger partial charge >= 0.3 is 0 Å². The fraction of sp³-hybridized carbons (Fsp3) is 0.881. The highest BCUT2D eigenvalue weighted by Crippen LogP contribution is 2.42. The van der Waals surface area contributed by atoms with Crippen LogP contribution in [0.4, 0.5) is 0 Å². The molecule has 0 saturated heterocycles. The molecule has 0 radical (unpaired) electrons. The van der Waals surface area contributed by atoms with Crippen LogP contribution in [0, 0.1) is 13.8 Å². The van der Waals surface area contributed by atoms with E-state index in [-0.39, 0.29) is 0 Å². The zero-order chi connectivity index (χ0) is 61.0. The summed E-state index contributed by atoms with van der Waals surface area (Å²) in [5, 5.41) is 3.62. The number of nitrogens with zero attached hydrogens (tertiary/aromatic N) is 13. The number of hydrogen-bond donors (Lipinski definition) is 0. The Morgan fingerprint density at radius 3 is 0.639 bits per heavy atom. The monoisotopic (exact) mass is 1220 g/mol. The van der Waals surface area contributed by atoms with Gasteiger partial charge in [0.2, 0.25) is 0 Å². The summed E-state index contributed by atoms with van der Waals surface area (Å²) in [5.74, 6) is 0. The van der Waals surface area contributed by atoms with Crippen LogP contribution in [0.5, 0.6) is 0 Å². The first-order valence-electron chi connectivity index (χ1n) is 33.8. The highest BCUT2D eigenvalue weighted by molar-refractivity contribution is 7.29. The Hall–Kier alpha value is -0.903. The molecule has 83 heavy (non-hydrogen) atoms. The van der Waals surface area contributed by atoms with Crippen molar-refractivity contribution in [2.45, 2.75) is 129 Å². The molecule has 1 aliphatic heterocycles. The lowest BCUT2D eigenvalue weighted by Crippen LogP contribution is -2.55. The van der Waals surface area contributed by atoms with Gasteiger partial charge in [0.15, 0.2) is 0 Å². The van der Waals surface area contributed by atoms with E-state index in [9.17, 15) is 0 Å². The van der Waals surface area contributed by atoms with E-state index in [4.69, 9.17) is 0 Å². The van der Waals surface area contributed by atoms with E-state index in [1.54, 1.807) is 9.75 Å². The molecule has 3 heterocycles. The van der Waals surface area contributed by atoms with Crippen molar-refractivity contribution in [1.29, 1.82) is 0 Å². The van der Waals surface area contributed by atoms with Gasteiger partial charge in [-0.15, -0.1) is 22.7 Å². The Morgan fingerprint density at radius 1 is 0.265 bits per heavy atom. The number of rotatable bonds is 55. The molecule has 0 unspecified atom stereocenters. The maximum atomic E-state index is 2.95. The first-order valence-corrected chi connectivity index (χ1v) is 37.8. The minimum absolute atomic E-state index is 1.17. The van der Waals surface area contributed by atoms with Crippen molar-refractivity contribution < 1.29 is 0 Å². The van der Waals surface area contributed by atoms with Crippen LogP contribution in [0.25, 0.3) is 9.75 Å². The van der Waals surface area contributed by atoms with E-state index < -0.39 is 8.07 Å². The normalized spacial score (nSPS) is 13.8. The number of unbranched alkanes of at least 4 members (excludes halogenated alkanes) is 1. The van der Waals surface area contributed by atoms with Gasteiger partial charge in [-0.3, -0.25) is 0 Å². The highest BCUT2D eigenvalue weighted by Gasteiger charge is 2.47. The van der Waals surface area contributed by atoms with Gasteiger partial charge < -0.3 is 63.7 Å². The van der Waals surface area contributed by atoms with Gasteiger partial charge in [0, 0.05) is 19.5 Å². The molecule has 13 nitrogen and oxygen atoms in total. The average Bonchev–Trinajstić information content (AvgIpc) is 1.64. The van der Waals surface area contributed by atoms with E-state index in [2.05, 4.69) is 218 Å². The standard InChI is InChI=1S/C67H137N13S2Si/c1-18-19-40-75(41-20-33-68(4)5)48-27-52-79(53-28-49-76(42-21-34-69(6)7)43-22-35-70(8)9)56-31-58-83(64-60-62(2)81-66(64)67-65(83)61-63(3)82-67)59-32-57-80(54-29-50-77(44-23-36-71(10)11)45-24-37-72(12)13)55-30-51-78(46-25-38-73(14)15)47-26-39-74(16)17/h60-61H,18-59H2,1-17H3. The van der Waals surface area contributed by atoms with Crippen LogP contribution in [-0.2, 0) is 0 Å². The van der Waals surface area contributed by atoms with Crippen molar-refractivity contribution in [2.24, 2.45) is 0 Å². The lowest BCUT2D eigenvalue weighted by atomic mass is 10.2. The van der Waals surface area contributed by atoms with E-state index in [1.165, 1.54) is 282 Å². The number of fused-ring (bicyclic) bond motifs is 3. The van der Waals surface area contributed by atoms with E-state index >= 15 is 0 Å². The van der Waals surface area contributed by atoms with Crippen LogP contribution < -0.4 is 10.4 Å². The average molecular weight is 1220 g/mol. The van der Waals surface area contributed by atoms with Crippen molar-refractivity contribution in [3.05, 3.63) is 21.9 Å². The number of hydrogen-bond acceptors (Lipinski definition) is 15. The van der Waals surface area contributed by atoms with Gasteiger partial charge in [-0.05, 0) is 401 Å². The smallest absolute Gasteiger partial charge is 0.122 e. The van der Waals surface area contributed by atoms with Gasteiger partial charge in [0.1, 0.15) is 8.07 Å². The summed E-state index contributed by atoms with van der Waals surface area (Å²) in [6.07, 6.45) is 19.0. The summed E-state index contributed by atoms with van der Waals surface area (Å²) in [5.41, 5.74) is 0. The fourth-order valence-electron chi connectivity index (χ4n) is 12.8. The largest absolute Gasteiger partial charge is 0.309 e. The number of aryl methyl sites for hydroxylation is 2. The second-order valence-corrected chi connectivity index (χ2v) is 34.2. The maximum absolute atomic E-state index is 2.95. The lowest BCUT2D eigenvalue weighted by molar-refractivity contribution is 0.195. The topological polar surface area (TPSA) is 42.1 Å². The molecule has 486 valence electrons. The Labute approximate surface area is 525 Å². The molecule has 0 aromatic carbocycles. The summed E-state index contributed by atoms with van der Waals surface area (Å²) in [6, 6.07) is 8.17. The Kier molecular flexibility index (Phi) is 41.0. The molecule has 2 aromatic heterocycles. The van der Waals surface area contributed by atoms with Gasteiger partial charge in [0.05, 0.1) is 0 Å². The molecule has 1 aliphatic rings. The van der Waals surface area contributed by atoms with Crippen LogP contribution in [0.15, 0.2) is 12.1 Å². The quantitative estimate of drug-likeness (QED) is 0.0596. The van der Waals surface area contributed by atoms with E-state index in [0.717, 1.165) is 0 Å². The van der Waals surface area contributed by atoms with Crippen molar-refractivity contribution in [1.82, 2.24) is 63.7 Å². The summed E-state index contributed by atoms with van der Waals surface area (Å²) in [7, 11) is 29.1. The predicted molar refractivity (Wildman–Crippen MR) is 375 cm³/mol. The molecular weight excluding hydrogens is 1080 g/mol. The summed E-state index contributed by atoms with van der Waals surface area (Å²) in [4.78, 5) is 40.0. The first kappa shape index (κ1) is 76.3. The van der Waals surface area contributed by atoms with Crippen molar-refractivity contribution in [2.75, 3.05) is 262 Å². The molecular formula is C67H137N13S2Si. The Morgan fingerprint density at radius 2 is 0.446 bits per heavy atom. The van der Waals surface area contributed by atoms with Gasteiger partial charge in [-0.2, -0.15) is 0 Å². The highest BCUT2D eigenvalue weighted by atomic mass is 32.1. The van der Waals surface area contributed by atoms with Crippen LogP contribution in [-0.4, -0.2) is 334 Å². The molecule has 0 atom stereocenters. The lowest BCUT2D eigenvalue weighted by Gasteiger charge is -2.32. The van der Waals surface area contributed by atoms with Crippen molar-refractivity contribution in [3.8, 4) is 9.75 Å². The third kappa shape index (κ3) is 33.5. The molecule has 2 aromatic rings. The third-order valence-electron chi connectivity index (χ3n) is 17.3. The second-order valence-electron chi connectivity index (χ2n) is 27.4. The molecule has 3 rings (SSSR count). The Bertz CT molecular complexity index is 1750. The minimum Gasteiger partial charge on any atom is -0.309 e. The number of thiophene rings is 2. The fourth-order valence-corrected chi connectivity index (χ4v) is 21.9. The van der Waals surface area contributed by atoms with Crippen molar-refractivity contribution in [3.63, 3.8) is 0 Å². The third-order valence-corrected chi connectivity index (χ3v) is 25.2. The zero-order valence-electron chi connectivity index (χ0n) is 58.0. The molecule has 16 heteroatoms. The summed E-state index contributed by atoms with van der Waals surface area (Å²) in [6.45, 7) is 37.2. The molecule has 0 fully saturated rings. The Balaban J connectivity index is 1.91. The van der Waals surface area contributed by atoms with E-state index in [1.807, 2.05) is 10.4 Å².